The fourth-order valence-corrected chi connectivity index (χ4v) is 3.46. The van der Waals surface area contributed by atoms with Gasteiger partial charge in [0.1, 0.15) is 6.04 Å². The van der Waals surface area contributed by atoms with Crippen molar-refractivity contribution in [1.82, 2.24) is 19.6 Å². The van der Waals surface area contributed by atoms with Crippen LogP contribution >= 0.6 is 0 Å². The van der Waals surface area contributed by atoms with Crippen LogP contribution in [0.2, 0.25) is 0 Å². The molecule has 0 N–H and O–H groups in total. The molecule has 4 rings (SSSR count). The van der Waals surface area contributed by atoms with Crippen molar-refractivity contribution in [3.63, 3.8) is 0 Å². The predicted octanol–water partition coefficient (Wildman–Crippen LogP) is 1.61. The summed E-state index contributed by atoms with van der Waals surface area (Å²) in [5, 5.41) is 13.6. The third-order valence-corrected chi connectivity index (χ3v) is 5.00. The Balaban J connectivity index is 1.38. The molecule has 1 aliphatic carbocycles. The zero-order valence-corrected chi connectivity index (χ0v) is 14.1. The molecule has 1 aromatic heterocycles. The molecule has 1 saturated heterocycles. The van der Waals surface area contributed by atoms with Crippen LogP contribution < -0.4 is 0 Å². The number of hydrogen-bond acceptors (Lipinski definition) is 4. The molecule has 1 amide bonds. The van der Waals surface area contributed by atoms with E-state index >= 15 is 0 Å². The first-order chi connectivity index (χ1) is 12.2. The molecule has 2 heterocycles. The predicted molar refractivity (Wildman–Crippen MR) is 93.0 cm³/mol. The molecule has 2 aromatic rings. The van der Waals surface area contributed by atoms with Crippen LogP contribution in [0.1, 0.15) is 18.4 Å². The van der Waals surface area contributed by atoms with E-state index in [2.05, 4.69) is 16.1 Å². The number of carbonyl (C=O) groups is 1. The summed E-state index contributed by atoms with van der Waals surface area (Å²) in [4.78, 5) is 16.7. The molecular weight excluding hydrogens is 314 g/mol. The Morgan fingerprint density at radius 1 is 1.24 bits per heavy atom. The zero-order valence-electron chi connectivity index (χ0n) is 14.1. The summed E-state index contributed by atoms with van der Waals surface area (Å²) in [6.07, 6.45) is 6.39. The van der Waals surface area contributed by atoms with E-state index in [0.717, 1.165) is 24.3 Å². The van der Waals surface area contributed by atoms with E-state index in [4.69, 9.17) is 0 Å². The number of rotatable bonds is 4. The Labute approximate surface area is 147 Å². The van der Waals surface area contributed by atoms with Gasteiger partial charge in [0, 0.05) is 38.1 Å². The van der Waals surface area contributed by atoms with Gasteiger partial charge in [0.25, 0.3) is 0 Å². The van der Waals surface area contributed by atoms with Crippen LogP contribution in [0.5, 0.6) is 0 Å². The third kappa shape index (κ3) is 3.42. The van der Waals surface area contributed by atoms with Gasteiger partial charge >= 0.3 is 0 Å². The molecule has 1 atom stereocenters. The molecule has 6 nitrogen and oxygen atoms in total. The molecule has 6 heteroatoms. The molecule has 1 aromatic carbocycles. The summed E-state index contributed by atoms with van der Waals surface area (Å²) in [5.41, 5.74) is 1.96. The highest BCUT2D eigenvalue weighted by atomic mass is 16.2. The minimum absolute atomic E-state index is 0.0996. The summed E-state index contributed by atoms with van der Waals surface area (Å²) in [6.45, 7) is 2.06. The second-order valence-electron chi connectivity index (χ2n) is 6.75. The van der Waals surface area contributed by atoms with Gasteiger partial charge in [-0.05, 0) is 36.6 Å². The number of benzene rings is 1. The molecule has 0 bridgehead atoms. The smallest absolute Gasteiger partial charge is 0.227 e. The maximum absolute atomic E-state index is 12.6. The normalized spacial score (nSPS) is 21.1. The summed E-state index contributed by atoms with van der Waals surface area (Å²) in [6, 6.07) is 12.5. The molecule has 1 saturated carbocycles. The maximum atomic E-state index is 12.6. The number of amides is 1. The van der Waals surface area contributed by atoms with Gasteiger partial charge in [0.2, 0.25) is 5.91 Å². The SMILES string of the molecule is N#CC1CN(C(=O)Cc2ccc(-n3cccn3)cc2)CCN1C1CC1. The van der Waals surface area contributed by atoms with Crippen LogP contribution in [-0.2, 0) is 11.2 Å². The zero-order chi connectivity index (χ0) is 17.2. The van der Waals surface area contributed by atoms with Crippen LogP contribution in [0.15, 0.2) is 42.7 Å². The van der Waals surface area contributed by atoms with Crippen molar-refractivity contribution in [3.05, 3.63) is 48.3 Å². The Morgan fingerprint density at radius 3 is 2.68 bits per heavy atom. The highest BCUT2D eigenvalue weighted by Crippen LogP contribution is 2.30. The van der Waals surface area contributed by atoms with Crippen molar-refractivity contribution < 1.29 is 4.79 Å². The van der Waals surface area contributed by atoms with Crippen molar-refractivity contribution >= 4 is 5.91 Å². The van der Waals surface area contributed by atoms with Gasteiger partial charge in [-0.15, -0.1) is 0 Å². The molecule has 1 unspecified atom stereocenters. The molecule has 2 fully saturated rings. The third-order valence-electron chi connectivity index (χ3n) is 5.00. The standard InChI is InChI=1S/C19H21N5O/c20-13-18-14-22(10-11-23(18)16-6-7-16)19(25)12-15-2-4-17(5-3-15)24-9-1-8-21-24/h1-5,8-9,16,18H,6-7,10-12,14H2. The van der Waals surface area contributed by atoms with Crippen molar-refractivity contribution in [2.75, 3.05) is 19.6 Å². The number of nitriles is 1. The van der Waals surface area contributed by atoms with Crippen molar-refractivity contribution in [3.8, 4) is 11.8 Å². The van der Waals surface area contributed by atoms with Crippen molar-refractivity contribution in [2.45, 2.75) is 31.3 Å². The fraction of sp³-hybridized carbons (Fsp3) is 0.421. The molecule has 25 heavy (non-hydrogen) atoms. The number of piperazine rings is 1. The summed E-state index contributed by atoms with van der Waals surface area (Å²) in [5.74, 6) is 0.0996. The molecular formula is C19H21N5O. The highest BCUT2D eigenvalue weighted by Gasteiger charge is 2.38. The van der Waals surface area contributed by atoms with Crippen LogP contribution in [-0.4, -0.2) is 57.2 Å². The lowest BCUT2D eigenvalue weighted by molar-refractivity contribution is -0.133. The van der Waals surface area contributed by atoms with Crippen molar-refractivity contribution in [2.24, 2.45) is 0 Å². The van der Waals surface area contributed by atoms with Crippen LogP contribution in [0.3, 0.4) is 0 Å². The van der Waals surface area contributed by atoms with E-state index in [1.165, 1.54) is 12.8 Å². The first kappa shape index (κ1) is 15.9. The van der Waals surface area contributed by atoms with Gasteiger partial charge in [-0.25, -0.2) is 4.68 Å². The Morgan fingerprint density at radius 2 is 2.04 bits per heavy atom. The van der Waals surface area contributed by atoms with Gasteiger partial charge < -0.3 is 4.90 Å². The van der Waals surface area contributed by atoms with E-state index < -0.39 is 0 Å². The summed E-state index contributed by atoms with van der Waals surface area (Å²) < 4.78 is 1.79. The summed E-state index contributed by atoms with van der Waals surface area (Å²) in [7, 11) is 0. The topological polar surface area (TPSA) is 65.2 Å². The van der Waals surface area contributed by atoms with Gasteiger partial charge in [-0.1, -0.05) is 12.1 Å². The highest BCUT2D eigenvalue weighted by molar-refractivity contribution is 5.79. The van der Waals surface area contributed by atoms with Crippen LogP contribution in [0.25, 0.3) is 5.69 Å². The van der Waals surface area contributed by atoms with Gasteiger partial charge in [-0.2, -0.15) is 10.4 Å². The monoisotopic (exact) mass is 335 g/mol. The van der Waals surface area contributed by atoms with E-state index in [-0.39, 0.29) is 11.9 Å². The van der Waals surface area contributed by atoms with Crippen LogP contribution in [0.4, 0.5) is 0 Å². The van der Waals surface area contributed by atoms with E-state index in [1.807, 2.05) is 41.4 Å². The number of hydrogen-bond donors (Lipinski definition) is 0. The average Bonchev–Trinajstić information content (AvgIpc) is 3.35. The van der Waals surface area contributed by atoms with E-state index in [1.54, 1.807) is 10.9 Å². The molecule has 0 radical (unpaired) electrons. The first-order valence-electron chi connectivity index (χ1n) is 8.76. The second-order valence-corrected chi connectivity index (χ2v) is 6.75. The second kappa shape index (κ2) is 6.69. The van der Waals surface area contributed by atoms with E-state index in [9.17, 15) is 10.1 Å². The lowest BCUT2D eigenvalue weighted by atomic mass is 10.1. The lowest BCUT2D eigenvalue weighted by Gasteiger charge is -2.38. The minimum atomic E-state index is -0.160. The molecule has 2 aliphatic rings. The van der Waals surface area contributed by atoms with Gasteiger partial charge in [0.05, 0.1) is 18.2 Å². The Kier molecular flexibility index (Phi) is 4.24. The molecule has 128 valence electrons. The van der Waals surface area contributed by atoms with Crippen molar-refractivity contribution in [1.29, 1.82) is 5.26 Å². The Bertz CT molecular complexity index is 773. The first-order valence-corrected chi connectivity index (χ1v) is 8.76. The van der Waals surface area contributed by atoms with Gasteiger partial charge in [-0.3, -0.25) is 9.69 Å². The number of aromatic nitrogens is 2. The molecule has 0 spiro atoms. The Hall–Kier alpha value is -2.65. The average molecular weight is 335 g/mol. The fourth-order valence-electron chi connectivity index (χ4n) is 3.46. The van der Waals surface area contributed by atoms with E-state index in [0.29, 0.717) is 19.0 Å². The number of carbonyl (C=O) groups excluding carboxylic acids is 1. The quantitative estimate of drug-likeness (QED) is 0.851. The molecule has 1 aliphatic heterocycles. The lowest BCUT2D eigenvalue weighted by Crippen LogP contribution is -2.55. The number of nitrogens with zero attached hydrogens (tertiary/aromatic N) is 5. The maximum Gasteiger partial charge on any atom is 0.227 e. The largest absolute Gasteiger partial charge is 0.338 e. The van der Waals surface area contributed by atoms with Gasteiger partial charge in [0.15, 0.2) is 0 Å². The minimum Gasteiger partial charge on any atom is -0.338 e. The summed E-state index contributed by atoms with van der Waals surface area (Å²) >= 11 is 0. The van der Waals surface area contributed by atoms with Crippen LogP contribution in [0, 0.1) is 11.3 Å².